The van der Waals surface area contributed by atoms with E-state index in [9.17, 15) is 4.79 Å². The molecule has 0 spiro atoms. The van der Waals surface area contributed by atoms with E-state index >= 15 is 0 Å². The van der Waals surface area contributed by atoms with Crippen LogP contribution in [-0.4, -0.2) is 31.9 Å². The molecule has 1 atom stereocenters. The Balaban J connectivity index is 1.87. The minimum atomic E-state index is -0.898. The van der Waals surface area contributed by atoms with Crippen LogP contribution in [0.15, 0.2) is 53.2 Å². The summed E-state index contributed by atoms with van der Waals surface area (Å²) in [6, 6.07) is 12.8. The van der Waals surface area contributed by atoms with E-state index in [2.05, 4.69) is 16.4 Å². The summed E-state index contributed by atoms with van der Waals surface area (Å²) < 4.78 is 21.5. The first-order valence-corrected chi connectivity index (χ1v) is 9.17. The van der Waals surface area contributed by atoms with Crippen LogP contribution < -0.4 is 14.8 Å². The van der Waals surface area contributed by atoms with E-state index in [0.29, 0.717) is 22.6 Å². The topological polar surface area (TPSA) is 82.8 Å². The van der Waals surface area contributed by atoms with E-state index < -0.39 is 12.0 Å². The summed E-state index contributed by atoms with van der Waals surface area (Å²) in [5, 5.41) is 6.56. The van der Waals surface area contributed by atoms with E-state index in [-0.39, 0.29) is 12.5 Å². The summed E-state index contributed by atoms with van der Waals surface area (Å²) in [4.78, 5) is 13.0. The largest absolute Gasteiger partial charge is 0.493 e. The fraction of sp³-hybridized carbons (Fsp3) is 0.217. The molecule has 7 nitrogen and oxygen atoms in total. The number of aromatic nitrogens is 1. The molecule has 1 heterocycles. The molecule has 1 N–H and O–H groups in total. The van der Waals surface area contributed by atoms with Gasteiger partial charge in [-0.05, 0) is 30.2 Å². The number of ether oxygens (including phenoxy) is 3. The Bertz CT molecular complexity index is 1050. The monoisotopic (exact) mass is 406 g/mol. The third-order valence-electron chi connectivity index (χ3n) is 4.45. The quantitative estimate of drug-likeness (QED) is 0.570. The number of nitrogens with zero attached hydrogens (tertiary/aromatic N) is 1. The molecule has 0 radical (unpaired) electrons. The van der Waals surface area contributed by atoms with Crippen LogP contribution in [0.1, 0.15) is 17.2 Å². The predicted octanol–water partition coefficient (Wildman–Crippen LogP) is 4.00. The van der Waals surface area contributed by atoms with Gasteiger partial charge in [-0.25, -0.2) is 0 Å². The Morgan fingerprint density at radius 3 is 2.57 bits per heavy atom. The summed E-state index contributed by atoms with van der Waals surface area (Å²) in [7, 11) is 3.11. The van der Waals surface area contributed by atoms with Gasteiger partial charge in [0.1, 0.15) is 6.61 Å². The van der Waals surface area contributed by atoms with Gasteiger partial charge in [-0.15, -0.1) is 6.42 Å². The van der Waals surface area contributed by atoms with Crippen molar-refractivity contribution in [1.29, 1.82) is 0 Å². The van der Waals surface area contributed by atoms with Crippen molar-refractivity contribution in [2.45, 2.75) is 13.0 Å². The number of carbonyl (C=O) groups is 1. The van der Waals surface area contributed by atoms with Gasteiger partial charge in [0.2, 0.25) is 5.88 Å². The standard InChI is InChI=1S/C23H22N2O5/c1-5-12-29-21(16-8-6-15(2)7-9-16)22(26)25-23-18(14-24-30-23)17-10-11-19(27-3)20(13-17)28-4/h1,6-11,13-14,21H,12H2,2-4H3,(H,25,26). The van der Waals surface area contributed by atoms with Crippen LogP contribution in [0.5, 0.6) is 11.5 Å². The molecule has 2 aromatic carbocycles. The maximum absolute atomic E-state index is 13.0. The Labute approximate surface area is 174 Å². The highest BCUT2D eigenvalue weighted by atomic mass is 16.5. The van der Waals surface area contributed by atoms with Crippen molar-refractivity contribution in [2.75, 3.05) is 26.1 Å². The van der Waals surface area contributed by atoms with Crippen LogP contribution in [0.4, 0.5) is 5.88 Å². The minimum Gasteiger partial charge on any atom is -0.493 e. The number of benzene rings is 2. The number of amides is 1. The van der Waals surface area contributed by atoms with Crippen molar-refractivity contribution >= 4 is 11.8 Å². The molecular weight excluding hydrogens is 384 g/mol. The van der Waals surface area contributed by atoms with Gasteiger partial charge in [-0.1, -0.05) is 47.0 Å². The van der Waals surface area contributed by atoms with Crippen molar-refractivity contribution < 1.29 is 23.5 Å². The average Bonchev–Trinajstić information content (AvgIpc) is 3.22. The zero-order chi connectivity index (χ0) is 21.5. The van der Waals surface area contributed by atoms with Gasteiger partial charge in [0, 0.05) is 0 Å². The zero-order valence-corrected chi connectivity index (χ0v) is 17.0. The number of aryl methyl sites for hydroxylation is 1. The molecule has 1 aromatic heterocycles. The molecule has 1 unspecified atom stereocenters. The van der Waals surface area contributed by atoms with Crippen molar-refractivity contribution in [3.63, 3.8) is 0 Å². The average molecular weight is 406 g/mol. The maximum Gasteiger partial charge on any atom is 0.260 e. The SMILES string of the molecule is C#CCOC(C(=O)Nc1oncc1-c1ccc(OC)c(OC)c1)c1ccc(C)cc1. The number of terminal acetylenes is 1. The van der Waals surface area contributed by atoms with Gasteiger partial charge in [-0.2, -0.15) is 0 Å². The molecule has 3 aromatic rings. The normalized spacial score (nSPS) is 11.4. The van der Waals surface area contributed by atoms with Crippen LogP contribution in [0.2, 0.25) is 0 Å². The van der Waals surface area contributed by atoms with Crippen molar-refractivity contribution in [3.8, 4) is 35.0 Å². The number of carbonyl (C=O) groups excluding carboxylic acids is 1. The first-order chi connectivity index (χ1) is 14.6. The first kappa shape index (κ1) is 21.0. The highest BCUT2D eigenvalue weighted by Crippen LogP contribution is 2.35. The Hall–Kier alpha value is -3.76. The molecule has 3 rings (SSSR count). The molecule has 0 saturated heterocycles. The third kappa shape index (κ3) is 4.62. The Morgan fingerprint density at radius 2 is 1.90 bits per heavy atom. The number of hydrogen-bond acceptors (Lipinski definition) is 6. The third-order valence-corrected chi connectivity index (χ3v) is 4.45. The molecule has 0 aliphatic carbocycles. The molecule has 0 bridgehead atoms. The summed E-state index contributed by atoms with van der Waals surface area (Å²) in [5.74, 6) is 3.29. The molecule has 154 valence electrons. The number of rotatable bonds is 8. The second-order valence-electron chi connectivity index (χ2n) is 6.43. The molecule has 7 heteroatoms. The van der Waals surface area contributed by atoms with E-state index in [4.69, 9.17) is 25.2 Å². The molecule has 30 heavy (non-hydrogen) atoms. The number of methoxy groups -OCH3 is 2. The van der Waals surface area contributed by atoms with E-state index in [1.165, 1.54) is 6.20 Å². The van der Waals surface area contributed by atoms with Crippen molar-refractivity contribution in [2.24, 2.45) is 0 Å². The van der Waals surface area contributed by atoms with Crippen molar-refractivity contribution in [3.05, 3.63) is 59.8 Å². The second kappa shape index (κ2) is 9.63. The Kier molecular flexibility index (Phi) is 6.73. The first-order valence-electron chi connectivity index (χ1n) is 9.17. The Morgan fingerprint density at radius 1 is 1.17 bits per heavy atom. The van der Waals surface area contributed by atoms with Gasteiger partial charge in [-0.3, -0.25) is 10.1 Å². The lowest BCUT2D eigenvalue weighted by Crippen LogP contribution is -2.24. The molecule has 0 fully saturated rings. The fourth-order valence-electron chi connectivity index (χ4n) is 2.91. The van der Waals surface area contributed by atoms with Gasteiger partial charge < -0.3 is 18.7 Å². The van der Waals surface area contributed by atoms with E-state index in [0.717, 1.165) is 11.1 Å². The van der Waals surface area contributed by atoms with E-state index in [1.54, 1.807) is 26.4 Å². The number of nitrogens with one attached hydrogen (secondary N) is 1. The van der Waals surface area contributed by atoms with Gasteiger partial charge in [0.25, 0.3) is 5.91 Å². The maximum atomic E-state index is 13.0. The predicted molar refractivity (Wildman–Crippen MR) is 112 cm³/mol. The zero-order valence-electron chi connectivity index (χ0n) is 17.0. The van der Waals surface area contributed by atoms with Crippen LogP contribution in [-0.2, 0) is 9.53 Å². The number of hydrogen-bond donors (Lipinski definition) is 1. The highest BCUT2D eigenvalue weighted by Gasteiger charge is 2.24. The second-order valence-corrected chi connectivity index (χ2v) is 6.43. The van der Waals surface area contributed by atoms with Gasteiger partial charge >= 0.3 is 0 Å². The number of anilines is 1. The van der Waals surface area contributed by atoms with E-state index in [1.807, 2.05) is 37.3 Å². The van der Waals surface area contributed by atoms with Crippen LogP contribution in [0.3, 0.4) is 0 Å². The molecular formula is C23H22N2O5. The summed E-state index contributed by atoms with van der Waals surface area (Å²) in [6.45, 7) is 1.95. The lowest BCUT2D eigenvalue weighted by atomic mass is 10.1. The smallest absolute Gasteiger partial charge is 0.260 e. The summed E-state index contributed by atoms with van der Waals surface area (Å²) in [5.41, 5.74) is 3.07. The lowest BCUT2D eigenvalue weighted by Gasteiger charge is -2.16. The summed E-state index contributed by atoms with van der Waals surface area (Å²) in [6.07, 6.45) is 5.92. The molecule has 0 saturated carbocycles. The van der Waals surface area contributed by atoms with Gasteiger partial charge in [0.05, 0.1) is 26.0 Å². The molecule has 1 amide bonds. The van der Waals surface area contributed by atoms with Crippen LogP contribution in [0.25, 0.3) is 11.1 Å². The summed E-state index contributed by atoms with van der Waals surface area (Å²) >= 11 is 0. The van der Waals surface area contributed by atoms with Crippen LogP contribution in [0, 0.1) is 19.3 Å². The van der Waals surface area contributed by atoms with Crippen molar-refractivity contribution in [1.82, 2.24) is 5.16 Å². The lowest BCUT2D eigenvalue weighted by molar-refractivity contribution is -0.127. The minimum absolute atomic E-state index is 0.00902. The fourth-order valence-corrected chi connectivity index (χ4v) is 2.91. The van der Waals surface area contributed by atoms with Crippen LogP contribution >= 0.6 is 0 Å². The van der Waals surface area contributed by atoms with Gasteiger partial charge in [0.15, 0.2) is 17.6 Å². The molecule has 0 aliphatic heterocycles. The highest BCUT2D eigenvalue weighted by molar-refractivity contribution is 5.96. The molecule has 0 aliphatic rings.